The Bertz CT molecular complexity index is 502. The highest BCUT2D eigenvalue weighted by molar-refractivity contribution is 5.24. The van der Waals surface area contributed by atoms with Gasteiger partial charge in [-0.2, -0.15) is 4.98 Å². The Morgan fingerprint density at radius 2 is 1.95 bits per heavy atom. The first-order valence-electron chi connectivity index (χ1n) is 7.51. The third-order valence-corrected chi connectivity index (χ3v) is 4.23. The van der Waals surface area contributed by atoms with Crippen LogP contribution in [0.1, 0.15) is 63.3 Å². The monoisotopic (exact) mass is 280 g/mol. The zero-order valence-corrected chi connectivity index (χ0v) is 12.4. The van der Waals surface area contributed by atoms with E-state index in [1.54, 1.807) is 7.11 Å². The van der Waals surface area contributed by atoms with E-state index in [2.05, 4.69) is 9.97 Å². The van der Waals surface area contributed by atoms with Crippen molar-refractivity contribution in [3.8, 4) is 5.88 Å². The summed E-state index contributed by atoms with van der Waals surface area (Å²) in [6.45, 7) is 1.97. The van der Waals surface area contributed by atoms with Gasteiger partial charge >= 0.3 is 0 Å². The molecule has 1 saturated carbocycles. The summed E-state index contributed by atoms with van der Waals surface area (Å²) in [6, 6.07) is 0. The molecule has 0 bridgehead atoms. The van der Waals surface area contributed by atoms with E-state index in [-0.39, 0.29) is 11.4 Å². The summed E-state index contributed by atoms with van der Waals surface area (Å²) in [7, 11) is 1.66. The normalized spacial score (nSPS) is 18.7. The zero-order chi connectivity index (χ0) is 14.6. The van der Waals surface area contributed by atoms with Crippen LogP contribution in [0, 0.1) is 0 Å². The molecule has 5 nitrogen and oxygen atoms in total. The molecule has 0 aromatic carbocycles. The number of methoxy groups -OCH3 is 1. The lowest BCUT2D eigenvalue weighted by atomic mass is 9.93. The predicted octanol–water partition coefficient (Wildman–Crippen LogP) is 2.62. The first-order valence-corrected chi connectivity index (χ1v) is 7.51. The smallest absolute Gasteiger partial charge is 0.258 e. The lowest BCUT2D eigenvalue weighted by Crippen LogP contribution is -2.33. The molecule has 1 fully saturated rings. The molecule has 0 atom stereocenters. The SMILES string of the molecule is CCCc1c(O)nc(C2(OC)CCCCCC2)[nH]c1=O. The van der Waals surface area contributed by atoms with Crippen molar-refractivity contribution in [1.29, 1.82) is 0 Å². The van der Waals surface area contributed by atoms with Gasteiger partial charge in [-0.15, -0.1) is 0 Å². The summed E-state index contributed by atoms with van der Waals surface area (Å²) in [5.74, 6) is 0.329. The van der Waals surface area contributed by atoms with Crippen LogP contribution in [0.4, 0.5) is 0 Å². The van der Waals surface area contributed by atoms with E-state index in [0.717, 1.165) is 32.1 Å². The minimum absolute atomic E-state index is 0.147. The summed E-state index contributed by atoms with van der Waals surface area (Å²) in [5, 5.41) is 10.0. The van der Waals surface area contributed by atoms with E-state index in [0.29, 0.717) is 17.8 Å². The Kier molecular flexibility index (Phi) is 4.81. The highest BCUT2D eigenvalue weighted by Gasteiger charge is 2.36. The van der Waals surface area contributed by atoms with Crippen LogP contribution in [0.15, 0.2) is 4.79 Å². The van der Waals surface area contributed by atoms with Gasteiger partial charge in [-0.05, 0) is 19.3 Å². The lowest BCUT2D eigenvalue weighted by molar-refractivity contribution is -0.0357. The molecule has 1 aromatic heterocycles. The van der Waals surface area contributed by atoms with E-state index in [1.807, 2.05) is 6.92 Å². The molecule has 0 saturated heterocycles. The second-order valence-corrected chi connectivity index (χ2v) is 5.58. The van der Waals surface area contributed by atoms with Crippen molar-refractivity contribution < 1.29 is 9.84 Å². The van der Waals surface area contributed by atoms with Crippen LogP contribution >= 0.6 is 0 Å². The number of hydrogen-bond acceptors (Lipinski definition) is 4. The maximum absolute atomic E-state index is 12.1. The third kappa shape index (κ3) is 2.87. The molecule has 0 spiro atoms. The second kappa shape index (κ2) is 6.39. The van der Waals surface area contributed by atoms with Crippen LogP contribution in [0.3, 0.4) is 0 Å². The fourth-order valence-electron chi connectivity index (χ4n) is 3.01. The summed E-state index contributed by atoms with van der Waals surface area (Å²) < 4.78 is 5.71. The molecule has 5 heteroatoms. The number of ether oxygens (including phenoxy) is 1. The van der Waals surface area contributed by atoms with Gasteiger partial charge in [0.05, 0.1) is 5.56 Å². The van der Waals surface area contributed by atoms with Crippen molar-refractivity contribution in [2.75, 3.05) is 7.11 Å². The number of rotatable bonds is 4. The van der Waals surface area contributed by atoms with Crippen molar-refractivity contribution in [3.63, 3.8) is 0 Å². The molecule has 0 aliphatic heterocycles. The van der Waals surface area contributed by atoms with Crippen molar-refractivity contribution in [2.45, 2.75) is 63.9 Å². The summed E-state index contributed by atoms with van der Waals surface area (Å²) >= 11 is 0. The molecule has 1 aliphatic rings. The number of aromatic hydroxyl groups is 1. The number of hydrogen-bond donors (Lipinski definition) is 2. The van der Waals surface area contributed by atoms with Gasteiger partial charge in [-0.3, -0.25) is 4.79 Å². The van der Waals surface area contributed by atoms with Crippen molar-refractivity contribution in [3.05, 3.63) is 21.7 Å². The van der Waals surface area contributed by atoms with Crippen LogP contribution in [0.2, 0.25) is 0 Å². The zero-order valence-electron chi connectivity index (χ0n) is 12.4. The Morgan fingerprint density at radius 1 is 1.30 bits per heavy atom. The predicted molar refractivity (Wildman–Crippen MR) is 76.9 cm³/mol. The molecule has 1 aromatic rings. The summed E-state index contributed by atoms with van der Waals surface area (Å²) in [5.41, 5.74) is -0.427. The molecule has 112 valence electrons. The van der Waals surface area contributed by atoms with E-state index in [9.17, 15) is 9.90 Å². The third-order valence-electron chi connectivity index (χ3n) is 4.23. The summed E-state index contributed by atoms with van der Waals surface area (Å²) in [6.07, 6.45) is 7.45. The Hall–Kier alpha value is -1.36. The molecular formula is C15H24N2O3. The highest BCUT2D eigenvalue weighted by Crippen LogP contribution is 2.37. The lowest BCUT2D eigenvalue weighted by Gasteiger charge is -2.30. The molecule has 1 heterocycles. The van der Waals surface area contributed by atoms with Gasteiger partial charge in [0.1, 0.15) is 11.4 Å². The van der Waals surface area contributed by atoms with Gasteiger partial charge in [0.15, 0.2) is 0 Å². The maximum atomic E-state index is 12.1. The van der Waals surface area contributed by atoms with Crippen LogP contribution in [-0.2, 0) is 16.8 Å². The highest BCUT2D eigenvalue weighted by atomic mass is 16.5. The first kappa shape index (κ1) is 15.0. The molecule has 0 radical (unpaired) electrons. The minimum atomic E-state index is -0.558. The largest absolute Gasteiger partial charge is 0.493 e. The topological polar surface area (TPSA) is 75.2 Å². The number of nitrogens with one attached hydrogen (secondary N) is 1. The second-order valence-electron chi connectivity index (χ2n) is 5.58. The van der Waals surface area contributed by atoms with Crippen LogP contribution in [-0.4, -0.2) is 22.2 Å². The summed E-state index contributed by atoms with van der Waals surface area (Å²) in [4.78, 5) is 19.2. The van der Waals surface area contributed by atoms with Crippen molar-refractivity contribution in [1.82, 2.24) is 9.97 Å². The van der Waals surface area contributed by atoms with Gasteiger partial charge < -0.3 is 14.8 Å². The molecule has 20 heavy (non-hydrogen) atoms. The molecule has 1 aliphatic carbocycles. The van der Waals surface area contributed by atoms with Gasteiger partial charge in [-0.25, -0.2) is 0 Å². The van der Waals surface area contributed by atoms with Crippen LogP contribution < -0.4 is 5.56 Å². The van der Waals surface area contributed by atoms with Crippen molar-refractivity contribution in [2.24, 2.45) is 0 Å². The average Bonchev–Trinajstić information content (AvgIpc) is 2.69. The Morgan fingerprint density at radius 3 is 2.45 bits per heavy atom. The van der Waals surface area contributed by atoms with Crippen LogP contribution in [0.25, 0.3) is 0 Å². The molecule has 2 N–H and O–H groups in total. The van der Waals surface area contributed by atoms with Gasteiger partial charge in [0.2, 0.25) is 5.88 Å². The average molecular weight is 280 g/mol. The maximum Gasteiger partial charge on any atom is 0.258 e. The first-order chi connectivity index (χ1) is 9.63. The van der Waals surface area contributed by atoms with E-state index >= 15 is 0 Å². The molecule has 0 amide bonds. The standard InChI is InChI=1S/C15H24N2O3/c1-3-8-11-12(18)16-14(17-13(11)19)15(20-2)9-6-4-5-7-10-15/h3-10H2,1-2H3,(H2,16,17,18,19). The number of nitrogens with zero attached hydrogens (tertiary/aromatic N) is 1. The Labute approximate surface area is 119 Å². The molecule has 2 rings (SSSR count). The fourth-order valence-corrected chi connectivity index (χ4v) is 3.01. The van der Waals surface area contributed by atoms with Gasteiger partial charge in [0, 0.05) is 7.11 Å². The number of aromatic amines is 1. The van der Waals surface area contributed by atoms with Gasteiger partial charge in [0.25, 0.3) is 5.56 Å². The molecular weight excluding hydrogens is 256 g/mol. The van der Waals surface area contributed by atoms with E-state index < -0.39 is 5.60 Å². The Balaban J connectivity index is 2.42. The van der Waals surface area contributed by atoms with E-state index in [1.165, 1.54) is 12.8 Å². The fraction of sp³-hybridized carbons (Fsp3) is 0.733. The molecule has 0 unspecified atom stereocenters. The van der Waals surface area contributed by atoms with Crippen molar-refractivity contribution >= 4 is 0 Å². The minimum Gasteiger partial charge on any atom is -0.493 e. The van der Waals surface area contributed by atoms with E-state index in [4.69, 9.17) is 4.74 Å². The van der Waals surface area contributed by atoms with Crippen LogP contribution in [0.5, 0.6) is 5.88 Å². The van der Waals surface area contributed by atoms with Gasteiger partial charge in [-0.1, -0.05) is 39.0 Å². The quantitative estimate of drug-likeness (QED) is 0.831. The number of aromatic nitrogens is 2. The number of H-pyrrole nitrogens is 1.